The van der Waals surface area contributed by atoms with Gasteiger partial charge >= 0.3 is 0 Å². The van der Waals surface area contributed by atoms with E-state index >= 15 is 0 Å². The number of nitrogens with one attached hydrogen (secondary N) is 1. The zero-order valence-corrected chi connectivity index (χ0v) is 13.8. The van der Waals surface area contributed by atoms with Crippen LogP contribution >= 0.6 is 0 Å². The SMILES string of the molecule is Cc1cnc2cc(C3CCN(Cc4ccc(F)cc4)CC3)[nH]c2n1. The number of likely N-dealkylation sites (tertiary alicyclic amines) is 1. The van der Waals surface area contributed by atoms with E-state index in [0.717, 1.165) is 49.3 Å². The lowest BCUT2D eigenvalue weighted by atomic mass is 9.93. The first-order valence-electron chi connectivity index (χ1n) is 8.46. The van der Waals surface area contributed by atoms with Gasteiger partial charge in [-0.1, -0.05) is 12.1 Å². The molecule has 2 aromatic heterocycles. The highest BCUT2D eigenvalue weighted by Crippen LogP contribution is 2.29. The third kappa shape index (κ3) is 3.17. The number of nitrogens with zero attached hydrogens (tertiary/aromatic N) is 3. The molecule has 0 aliphatic carbocycles. The van der Waals surface area contributed by atoms with Crippen LogP contribution in [0.2, 0.25) is 0 Å². The second-order valence-corrected chi connectivity index (χ2v) is 6.65. The Balaban J connectivity index is 1.40. The number of aryl methyl sites for hydroxylation is 1. The Morgan fingerprint density at radius 1 is 1.21 bits per heavy atom. The van der Waals surface area contributed by atoms with E-state index < -0.39 is 0 Å². The number of hydrogen-bond acceptors (Lipinski definition) is 3. The van der Waals surface area contributed by atoms with Crippen LogP contribution in [0.4, 0.5) is 4.39 Å². The van der Waals surface area contributed by atoms with Gasteiger partial charge in [0.1, 0.15) is 11.3 Å². The maximum absolute atomic E-state index is 13.0. The molecule has 1 saturated heterocycles. The minimum atomic E-state index is -0.172. The Labute approximate surface area is 140 Å². The maximum atomic E-state index is 13.0. The summed E-state index contributed by atoms with van der Waals surface area (Å²) in [6, 6.07) is 8.96. The van der Waals surface area contributed by atoms with Gasteiger partial charge in [0.25, 0.3) is 0 Å². The molecule has 0 unspecified atom stereocenters. The summed E-state index contributed by atoms with van der Waals surface area (Å²) in [5.41, 5.74) is 5.19. The molecule has 124 valence electrons. The van der Waals surface area contributed by atoms with Crippen LogP contribution < -0.4 is 0 Å². The van der Waals surface area contributed by atoms with Crippen LogP contribution in [0.15, 0.2) is 36.5 Å². The Morgan fingerprint density at radius 2 is 1.96 bits per heavy atom. The lowest BCUT2D eigenvalue weighted by Crippen LogP contribution is -2.32. The third-order valence-electron chi connectivity index (χ3n) is 4.82. The molecule has 0 saturated carbocycles. The molecule has 1 fully saturated rings. The third-order valence-corrected chi connectivity index (χ3v) is 4.82. The van der Waals surface area contributed by atoms with Gasteiger partial charge in [-0.3, -0.25) is 9.88 Å². The molecular weight excluding hydrogens is 303 g/mol. The monoisotopic (exact) mass is 324 g/mol. The van der Waals surface area contributed by atoms with E-state index in [1.54, 1.807) is 0 Å². The maximum Gasteiger partial charge on any atom is 0.156 e. The molecule has 5 heteroatoms. The van der Waals surface area contributed by atoms with Crippen molar-refractivity contribution in [3.63, 3.8) is 0 Å². The molecule has 3 aromatic rings. The number of piperidine rings is 1. The highest BCUT2D eigenvalue weighted by molar-refractivity contribution is 5.71. The van der Waals surface area contributed by atoms with Crippen molar-refractivity contribution in [3.8, 4) is 0 Å². The van der Waals surface area contributed by atoms with E-state index in [1.165, 1.54) is 23.4 Å². The number of aromatic amines is 1. The predicted octanol–water partition coefficient (Wildman–Crippen LogP) is 3.79. The van der Waals surface area contributed by atoms with Crippen LogP contribution in [0, 0.1) is 12.7 Å². The smallest absolute Gasteiger partial charge is 0.156 e. The van der Waals surface area contributed by atoms with Gasteiger partial charge in [-0.25, -0.2) is 9.37 Å². The molecule has 24 heavy (non-hydrogen) atoms. The molecule has 0 spiro atoms. The zero-order chi connectivity index (χ0) is 16.5. The van der Waals surface area contributed by atoms with Gasteiger partial charge in [0.05, 0.1) is 5.69 Å². The van der Waals surface area contributed by atoms with Gasteiger partial charge in [0, 0.05) is 24.4 Å². The fourth-order valence-electron chi connectivity index (χ4n) is 3.47. The van der Waals surface area contributed by atoms with E-state index in [1.807, 2.05) is 25.3 Å². The van der Waals surface area contributed by atoms with E-state index in [0.29, 0.717) is 5.92 Å². The second kappa shape index (κ2) is 6.32. The van der Waals surface area contributed by atoms with Gasteiger partial charge in [-0.15, -0.1) is 0 Å². The summed E-state index contributed by atoms with van der Waals surface area (Å²) in [5.74, 6) is 0.361. The average Bonchev–Trinajstić information content (AvgIpc) is 3.01. The van der Waals surface area contributed by atoms with Crippen molar-refractivity contribution in [3.05, 3.63) is 59.3 Å². The lowest BCUT2D eigenvalue weighted by Gasteiger charge is -2.31. The molecule has 1 aliphatic heterocycles. The van der Waals surface area contributed by atoms with Crippen LogP contribution in [-0.4, -0.2) is 32.9 Å². The van der Waals surface area contributed by atoms with Crippen LogP contribution in [0.5, 0.6) is 0 Å². The first-order valence-corrected chi connectivity index (χ1v) is 8.46. The Bertz CT molecular complexity index is 832. The van der Waals surface area contributed by atoms with Crippen LogP contribution in [0.3, 0.4) is 0 Å². The largest absolute Gasteiger partial charge is 0.342 e. The van der Waals surface area contributed by atoms with Crippen molar-refractivity contribution in [1.29, 1.82) is 0 Å². The van der Waals surface area contributed by atoms with E-state index in [2.05, 4.69) is 25.9 Å². The highest BCUT2D eigenvalue weighted by Gasteiger charge is 2.22. The number of hydrogen-bond donors (Lipinski definition) is 1. The zero-order valence-electron chi connectivity index (χ0n) is 13.8. The van der Waals surface area contributed by atoms with Crippen LogP contribution in [0.25, 0.3) is 11.2 Å². The van der Waals surface area contributed by atoms with Crippen molar-refractivity contribution < 1.29 is 4.39 Å². The predicted molar refractivity (Wildman–Crippen MR) is 92.3 cm³/mol. The van der Waals surface area contributed by atoms with Crippen LogP contribution in [-0.2, 0) is 6.54 Å². The Morgan fingerprint density at radius 3 is 2.71 bits per heavy atom. The van der Waals surface area contributed by atoms with E-state index in [4.69, 9.17) is 0 Å². The molecule has 1 aromatic carbocycles. The van der Waals surface area contributed by atoms with E-state index in [9.17, 15) is 4.39 Å². The van der Waals surface area contributed by atoms with Gasteiger partial charge < -0.3 is 4.98 Å². The summed E-state index contributed by atoms with van der Waals surface area (Å²) in [6.45, 7) is 4.96. The average molecular weight is 324 g/mol. The van der Waals surface area contributed by atoms with Crippen molar-refractivity contribution in [2.75, 3.05) is 13.1 Å². The molecule has 0 amide bonds. The number of rotatable bonds is 3. The van der Waals surface area contributed by atoms with Crippen molar-refractivity contribution in [2.24, 2.45) is 0 Å². The molecule has 1 N–H and O–H groups in total. The van der Waals surface area contributed by atoms with Crippen molar-refractivity contribution in [2.45, 2.75) is 32.2 Å². The topological polar surface area (TPSA) is 44.8 Å². The minimum Gasteiger partial charge on any atom is -0.342 e. The van der Waals surface area contributed by atoms with Crippen LogP contribution in [0.1, 0.15) is 35.7 Å². The van der Waals surface area contributed by atoms with Gasteiger partial charge in [0.15, 0.2) is 5.65 Å². The quantitative estimate of drug-likeness (QED) is 0.797. The van der Waals surface area contributed by atoms with Gasteiger partial charge in [-0.2, -0.15) is 0 Å². The first kappa shape index (κ1) is 15.3. The second-order valence-electron chi connectivity index (χ2n) is 6.65. The summed E-state index contributed by atoms with van der Waals surface area (Å²) in [6.07, 6.45) is 4.05. The summed E-state index contributed by atoms with van der Waals surface area (Å²) >= 11 is 0. The first-order chi connectivity index (χ1) is 11.7. The summed E-state index contributed by atoms with van der Waals surface area (Å²) in [5, 5.41) is 0. The molecule has 0 radical (unpaired) electrons. The molecular formula is C19H21FN4. The summed E-state index contributed by atoms with van der Waals surface area (Å²) in [7, 11) is 0. The Hall–Kier alpha value is -2.27. The van der Waals surface area contributed by atoms with Crippen molar-refractivity contribution >= 4 is 11.2 Å². The fourth-order valence-corrected chi connectivity index (χ4v) is 3.47. The van der Waals surface area contributed by atoms with Gasteiger partial charge in [0.2, 0.25) is 0 Å². The molecule has 4 nitrogen and oxygen atoms in total. The van der Waals surface area contributed by atoms with Crippen molar-refractivity contribution in [1.82, 2.24) is 19.9 Å². The number of aromatic nitrogens is 3. The molecule has 0 bridgehead atoms. The summed E-state index contributed by atoms with van der Waals surface area (Å²) in [4.78, 5) is 14.8. The molecule has 0 atom stereocenters. The number of benzene rings is 1. The normalized spacial score (nSPS) is 16.8. The lowest BCUT2D eigenvalue weighted by molar-refractivity contribution is 0.203. The minimum absolute atomic E-state index is 0.172. The standard InChI is InChI=1S/C19H21FN4/c1-13-11-21-18-10-17(23-19(18)22-13)15-6-8-24(9-7-15)12-14-2-4-16(20)5-3-14/h2-5,10-11,15H,6-9,12H2,1H3,(H,22,23). The van der Waals surface area contributed by atoms with Gasteiger partial charge in [-0.05, 0) is 56.6 Å². The Kier molecular flexibility index (Phi) is 4.02. The molecule has 4 rings (SSSR count). The highest BCUT2D eigenvalue weighted by atomic mass is 19.1. The van der Waals surface area contributed by atoms with E-state index in [-0.39, 0.29) is 5.82 Å². The number of H-pyrrole nitrogens is 1. The number of halogens is 1. The molecule has 3 heterocycles. The molecule has 1 aliphatic rings. The summed E-state index contributed by atoms with van der Waals surface area (Å²) < 4.78 is 13.0. The number of fused-ring (bicyclic) bond motifs is 1. The fraction of sp³-hybridized carbons (Fsp3) is 0.368.